The SMILES string of the molecule is CC(=O)OCC1CCCC1.CC(=O)OCC1CCCCC1. The highest BCUT2D eigenvalue weighted by Crippen LogP contribution is 2.24. The summed E-state index contributed by atoms with van der Waals surface area (Å²) in [5.41, 5.74) is 0. The van der Waals surface area contributed by atoms with Crippen LogP contribution >= 0.6 is 0 Å². The van der Waals surface area contributed by atoms with Gasteiger partial charge in [0.25, 0.3) is 0 Å². The number of carbonyl (C=O) groups excluding carboxylic acids is 2. The minimum Gasteiger partial charge on any atom is -0.466 e. The Morgan fingerprint density at radius 1 is 0.714 bits per heavy atom. The maximum atomic E-state index is 10.5. The minimum atomic E-state index is -0.146. The molecule has 4 heteroatoms. The van der Waals surface area contributed by atoms with E-state index in [9.17, 15) is 9.59 Å². The van der Waals surface area contributed by atoms with Crippen LogP contribution in [0.25, 0.3) is 0 Å². The van der Waals surface area contributed by atoms with E-state index in [1.807, 2.05) is 0 Å². The molecule has 2 saturated carbocycles. The zero-order valence-corrected chi connectivity index (χ0v) is 13.6. The Hall–Kier alpha value is -1.06. The average molecular weight is 298 g/mol. The topological polar surface area (TPSA) is 52.6 Å². The van der Waals surface area contributed by atoms with Gasteiger partial charge in [-0.05, 0) is 37.5 Å². The summed E-state index contributed by atoms with van der Waals surface area (Å²) >= 11 is 0. The Kier molecular flexibility index (Phi) is 9.11. The third-order valence-electron chi connectivity index (χ3n) is 4.24. The van der Waals surface area contributed by atoms with Crippen molar-refractivity contribution in [2.75, 3.05) is 13.2 Å². The van der Waals surface area contributed by atoms with E-state index in [4.69, 9.17) is 9.47 Å². The van der Waals surface area contributed by atoms with Gasteiger partial charge in [-0.15, -0.1) is 0 Å². The fourth-order valence-corrected chi connectivity index (χ4v) is 3.00. The highest BCUT2D eigenvalue weighted by Gasteiger charge is 2.15. The first kappa shape index (κ1) is 18.0. The fraction of sp³-hybridized carbons (Fsp3) is 0.882. The van der Waals surface area contributed by atoms with Gasteiger partial charge in [-0.2, -0.15) is 0 Å². The van der Waals surface area contributed by atoms with Crippen molar-refractivity contribution >= 4 is 11.9 Å². The van der Waals surface area contributed by atoms with E-state index in [-0.39, 0.29) is 11.9 Å². The van der Waals surface area contributed by atoms with Gasteiger partial charge in [0.05, 0.1) is 13.2 Å². The van der Waals surface area contributed by atoms with Gasteiger partial charge in [0.2, 0.25) is 0 Å². The Balaban J connectivity index is 0.000000211. The molecule has 2 aliphatic carbocycles. The lowest BCUT2D eigenvalue weighted by Gasteiger charge is -2.20. The summed E-state index contributed by atoms with van der Waals surface area (Å²) < 4.78 is 9.83. The van der Waals surface area contributed by atoms with Crippen LogP contribution in [0.15, 0.2) is 0 Å². The van der Waals surface area contributed by atoms with Gasteiger partial charge in [-0.25, -0.2) is 0 Å². The predicted octanol–water partition coefficient (Wildman–Crippen LogP) is 3.87. The molecule has 0 spiro atoms. The van der Waals surface area contributed by atoms with Gasteiger partial charge in [0.15, 0.2) is 0 Å². The van der Waals surface area contributed by atoms with Gasteiger partial charge >= 0.3 is 11.9 Å². The molecule has 0 saturated heterocycles. The molecule has 0 atom stereocenters. The number of esters is 2. The standard InChI is InChI=1S/C9H16O2.C8H14O2/c1-8(10)11-7-9-5-3-2-4-6-9;1-7(9)10-6-8-4-2-3-5-8/h9H,2-7H2,1H3;8H,2-6H2,1H3. The average Bonchev–Trinajstić information content (AvgIpc) is 2.98. The van der Waals surface area contributed by atoms with Crippen molar-refractivity contribution < 1.29 is 19.1 Å². The van der Waals surface area contributed by atoms with Crippen molar-refractivity contribution in [3.05, 3.63) is 0 Å². The third-order valence-corrected chi connectivity index (χ3v) is 4.24. The molecule has 2 rings (SSSR count). The number of hydrogen-bond donors (Lipinski definition) is 0. The molecule has 0 amide bonds. The van der Waals surface area contributed by atoms with Crippen LogP contribution in [0, 0.1) is 11.8 Å². The zero-order chi connectivity index (χ0) is 15.5. The second-order valence-corrected chi connectivity index (χ2v) is 6.26. The molecule has 0 aromatic rings. The molecule has 0 N–H and O–H groups in total. The molecule has 0 aromatic carbocycles. The first-order valence-corrected chi connectivity index (χ1v) is 8.34. The second kappa shape index (κ2) is 10.6. The molecule has 0 radical (unpaired) electrons. The van der Waals surface area contributed by atoms with Crippen LogP contribution in [0.1, 0.15) is 71.6 Å². The second-order valence-electron chi connectivity index (χ2n) is 6.26. The van der Waals surface area contributed by atoms with Gasteiger partial charge in [-0.3, -0.25) is 9.59 Å². The van der Waals surface area contributed by atoms with E-state index in [0.717, 1.165) is 0 Å². The molecular formula is C17H30O4. The number of rotatable bonds is 4. The van der Waals surface area contributed by atoms with E-state index in [0.29, 0.717) is 25.0 Å². The molecule has 0 unspecified atom stereocenters. The van der Waals surface area contributed by atoms with Crippen molar-refractivity contribution in [2.24, 2.45) is 11.8 Å². The van der Waals surface area contributed by atoms with Crippen LogP contribution in [0.4, 0.5) is 0 Å². The molecule has 21 heavy (non-hydrogen) atoms. The summed E-state index contributed by atoms with van der Waals surface area (Å²) in [4.78, 5) is 20.8. The monoisotopic (exact) mass is 298 g/mol. The zero-order valence-electron chi connectivity index (χ0n) is 13.6. The van der Waals surface area contributed by atoms with Crippen molar-refractivity contribution in [1.82, 2.24) is 0 Å². The molecule has 2 fully saturated rings. The molecule has 0 bridgehead atoms. The van der Waals surface area contributed by atoms with Gasteiger partial charge in [-0.1, -0.05) is 32.1 Å². The van der Waals surface area contributed by atoms with Crippen LogP contribution in [0.2, 0.25) is 0 Å². The van der Waals surface area contributed by atoms with Crippen LogP contribution < -0.4 is 0 Å². The highest BCUT2D eigenvalue weighted by atomic mass is 16.5. The van der Waals surface area contributed by atoms with Crippen LogP contribution in [0.3, 0.4) is 0 Å². The Morgan fingerprint density at radius 2 is 1.05 bits per heavy atom. The molecule has 0 aromatic heterocycles. The lowest BCUT2D eigenvalue weighted by atomic mass is 9.90. The first-order valence-electron chi connectivity index (χ1n) is 8.34. The van der Waals surface area contributed by atoms with E-state index < -0.39 is 0 Å². The van der Waals surface area contributed by atoms with Crippen LogP contribution in [-0.2, 0) is 19.1 Å². The summed E-state index contributed by atoms with van der Waals surface area (Å²) in [7, 11) is 0. The summed E-state index contributed by atoms with van der Waals surface area (Å²) in [5, 5.41) is 0. The first-order chi connectivity index (χ1) is 10.1. The van der Waals surface area contributed by atoms with E-state index in [2.05, 4.69) is 0 Å². The molecule has 2 aliphatic rings. The van der Waals surface area contributed by atoms with Gasteiger partial charge < -0.3 is 9.47 Å². The molecule has 0 aliphatic heterocycles. The predicted molar refractivity (Wildman–Crippen MR) is 81.8 cm³/mol. The maximum Gasteiger partial charge on any atom is 0.302 e. The van der Waals surface area contributed by atoms with Crippen molar-refractivity contribution in [1.29, 1.82) is 0 Å². The number of hydrogen-bond acceptors (Lipinski definition) is 4. The summed E-state index contributed by atoms with van der Waals surface area (Å²) in [5.74, 6) is 1.01. The fourth-order valence-electron chi connectivity index (χ4n) is 3.00. The largest absolute Gasteiger partial charge is 0.466 e. The Labute approximate surface area is 128 Å². The smallest absolute Gasteiger partial charge is 0.302 e. The maximum absolute atomic E-state index is 10.5. The van der Waals surface area contributed by atoms with Crippen LogP contribution in [0.5, 0.6) is 0 Å². The lowest BCUT2D eigenvalue weighted by Crippen LogP contribution is -2.15. The van der Waals surface area contributed by atoms with Crippen LogP contribution in [-0.4, -0.2) is 25.2 Å². The normalized spacial score (nSPS) is 19.5. The van der Waals surface area contributed by atoms with Crippen molar-refractivity contribution in [3.63, 3.8) is 0 Å². The van der Waals surface area contributed by atoms with E-state index >= 15 is 0 Å². The van der Waals surface area contributed by atoms with Crippen molar-refractivity contribution in [3.8, 4) is 0 Å². The minimum absolute atomic E-state index is 0.143. The Bertz CT molecular complexity index is 302. The van der Waals surface area contributed by atoms with E-state index in [1.54, 1.807) is 0 Å². The van der Waals surface area contributed by atoms with Gasteiger partial charge in [0.1, 0.15) is 0 Å². The Morgan fingerprint density at radius 3 is 1.38 bits per heavy atom. The summed E-state index contributed by atoms with van der Waals surface area (Å²) in [6.45, 7) is 4.24. The summed E-state index contributed by atoms with van der Waals surface area (Å²) in [6.07, 6.45) is 11.6. The number of carbonyl (C=O) groups is 2. The van der Waals surface area contributed by atoms with Crippen molar-refractivity contribution in [2.45, 2.75) is 71.6 Å². The molecule has 4 nitrogen and oxygen atoms in total. The van der Waals surface area contributed by atoms with Gasteiger partial charge in [0, 0.05) is 13.8 Å². The quantitative estimate of drug-likeness (QED) is 0.739. The summed E-state index contributed by atoms with van der Waals surface area (Å²) in [6, 6.07) is 0. The third kappa shape index (κ3) is 9.48. The number of ether oxygens (including phenoxy) is 2. The molecule has 122 valence electrons. The highest BCUT2D eigenvalue weighted by molar-refractivity contribution is 5.66. The molecule has 0 heterocycles. The van der Waals surface area contributed by atoms with E-state index in [1.165, 1.54) is 71.6 Å². The lowest BCUT2D eigenvalue weighted by molar-refractivity contribution is -0.143. The molecular weight excluding hydrogens is 268 g/mol.